The minimum Gasteiger partial charge on any atom is -0.403 e. The maximum atomic E-state index is 15.1. The summed E-state index contributed by atoms with van der Waals surface area (Å²) in [6, 6.07) is 20.2. The first-order chi connectivity index (χ1) is 17.7. The van der Waals surface area contributed by atoms with E-state index in [4.69, 9.17) is 0 Å². The SMILES string of the molecule is C=CCCc1ccc(CCc2ccc3c(F)c(C#Cc4ccc(OC(F)(F)F)c(F)c4)ccc3c2)cc1. The zero-order valence-corrected chi connectivity index (χ0v) is 19.8. The average Bonchev–Trinajstić information content (AvgIpc) is 2.87. The van der Waals surface area contributed by atoms with Gasteiger partial charge in [-0.15, -0.1) is 19.8 Å². The van der Waals surface area contributed by atoms with Crippen LogP contribution in [0.4, 0.5) is 22.0 Å². The quantitative estimate of drug-likeness (QED) is 0.139. The van der Waals surface area contributed by atoms with Gasteiger partial charge in [-0.3, -0.25) is 0 Å². The number of fused-ring (bicyclic) bond motifs is 1. The van der Waals surface area contributed by atoms with E-state index in [1.165, 1.54) is 23.3 Å². The molecule has 0 amide bonds. The number of alkyl halides is 3. The van der Waals surface area contributed by atoms with E-state index >= 15 is 4.39 Å². The molecule has 4 aromatic rings. The molecule has 0 atom stereocenters. The summed E-state index contributed by atoms with van der Waals surface area (Å²) in [6.45, 7) is 3.75. The highest BCUT2D eigenvalue weighted by Crippen LogP contribution is 2.26. The lowest BCUT2D eigenvalue weighted by atomic mass is 9.98. The maximum absolute atomic E-state index is 15.1. The first-order valence-corrected chi connectivity index (χ1v) is 11.7. The highest BCUT2D eigenvalue weighted by Gasteiger charge is 2.32. The van der Waals surface area contributed by atoms with Crippen LogP contribution in [0, 0.1) is 23.5 Å². The Morgan fingerprint density at radius 2 is 1.43 bits per heavy atom. The van der Waals surface area contributed by atoms with E-state index in [1.54, 1.807) is 12.1 Å². The Kier molecular flexibility index (Phi) is 7.93. The van der Waals surface area contributed by atoms with Crippen molar-refractivity contribution in [2.75, 3.05) is 0 Å². The molecule has 1 nitrogen and oxygen atoms in total. The predicted octanol–water partition coefficient (Wildman–Crippen LogP) is 8.32. The Bertz CT molecular complexity index is 1470. The van der Waals surface area contributed by atoms with Crippen molar-refractivity contribution in [3.63, 3.8) is 0 Å². The standard InChI is InChI=1S/C31H23F5O/c1-2-3-4-21-5-7-22(8-6-21)9-10-23-12-17-27-26(19-23)16-15-25(30(27)33)14-11-24-13-18-29(28(32)20-24)37-31(34,35)36/h2,5-8,12-13,15-20H,1,3-4,9-10H2. The van der Waals surface area contributed by atoms with Crippen LogP contribution in [0.15, 0.2) is 85.5 Å². The van der Waals surface area contributed by atoms with Crippen LogP contribution in [-0.4, -0.2) is 6.36 Å². The zero-order chi connectivity index (χ0) is 26.4. The molecule has 0 unspecified atom stereocenters. The molecular formula is C31H23F5O. The molecule has 0 aliphatic rings. The van der Waals surface area contributed by atoms with Crippen molar-refractivity contribution in [1.82, 2.24) is 0 Å². The van der Waals surface area contributed by atoms with Gasteiger partial charge in [0.05, 0.1) is 5.56 Å². The molecule has 0 heterocycles. The Morgan fingerprint density at radius 3 is 2.11 bits per heavy atom. The van der Waals surface area contributed by atoms with Gasteiger partial charge in [0.15, 0.2) is 11.6 Å². The summed E-state index contributed by atoms with van der Waals surface area (Å²) in [7, 11) is 0. The summed E-state index contributed by atoms with van der Waals surface area (Å²) in [4.78, 5) is 0. The van der Waals surface area contributed by atoms with Gasteiger partial charge in [0.25, 0.3) is 0 Å². The summed E-state index contributed by atoms with van der Waals surface area (Å²) in [5.41, 5.74) is 3.79. The molecule has 37 heavy (non-hydrogen) atoms. The molecule has 0 aliphatic carbocycles. The fraction of sp³-hybridized carbons (Fsp3) is 0.161. The monoisotopic (exact) mass is 506 g/mol. The van der Waals surface area contributed by atoms with E-state index < -0.39 is 23.7 Å². The fourth-order valence-electron chi connectivity index (χ4n) is 3.95. The third kappa shape index (κ3) is 6.98. The number of allylic oxidation sites excluding steroid dienone is 1. The fourth-order valence-corrected chi connectivity index (χ4v) is 3.95. The minimum absolute atomic E-state index is 0.0932. The molecule has 0 radical (unpaired) electrons. The van der Waals surface area contributed by atoms with Crippen molar-refractivity contribution < 1.29 is 26.7 Å². The van der Waals surface area contributed by atoms with Crippen molar-refractivity contribution in [2.45, 2.75) is 32.0 Å². The summed E-state index contributed by atoms with van der Waals surface area (Å²) in [5, 5.41) is 1.14. The second-order valence-corrected chi connectivity index (χ2v) is 8.57. The van der Waals surface area contributed by atoms with Gasteiger partial charge in [0.2, 0.25) is 0 Å². The normalized spacial score (nSPS) is 11.2. The largest absolute Gasteiger partial charge is 0.573 e. The number of hydrogen-bond acceptors (Lipinski definition) is 1. The van der Waals surface area contributed by atoms with Crippen molar-refractivity contribution in [1.29, 1.82) is 0 Å². The van der Waals surface area contributed by atoms with E-state index in [9.17, 15) is 17.6 Å². The Hall–Kier alpha value is -4.11. The molecular weight excluding hydrogens is 483 g/mol. The van der Waals surface area contributed by atoms with Gasteiger partial charge in [0.1, 0.15) is 5.82 Å². The Morgan fingerprint density at radius 1 is 0.757 bits per heavy atom. The van der Waals surface area contributed by atoms with E-state index in [-0.39, 0.29) is 11.1 Å². The van der Waals surface area contributed by atoms with Crippen molar-refractivity contribution in [3.05, 3.63) is 125 Å². The lowest BCUT2D eigenvalue weighted by molar-refractivity contribution is -0.275. The molecule has 0 saturated heterocycles. The smallest absolute Gasteiger partial charge is 0.403 e. The zero-order valence-electron chi connectivity index (χ0n) is 19.8. The number of benzene rings is 4. The third-order valence-corrected chi connectivity index (χ3v) is 5.88. The first-order valence-electron chi connectivity index (χ1n) is 11.7. The van der Waals surface area contributed by atoms with Gasteiger partial charge >= 0.3 is 6.36 Å². The Labute approximate surface area is 212 Å². The molecule has 0 aliphatic heterocycles. The van der Waals surface area contributed by atoms with Crippen LogP contribution in [0.3, 0.4) is 0 Å². The topological polar surface area (TPSA) is 9.23 Å². The summed E-state index contributed by atoms with van der Waals surface area (Å²) in [5.74, 6) is 2.55. The average molecular weight is 507 g/mol. The molecule has 0 spiro atoms. The number of hydrogen-bond donors (Lipinski definition) is 0. The number of rotatable bonds is 7. The van der Waals surface area contributed by atoms with E-state index in [2.05, 4.69) is 47.4 Å². The van der Waals surface area contributed by atoms with Crippen molar-refractivity contribution >= 4 is 10.8 Å². The molecule has 0 fully saturated rings. The highest BCUT2D eigenvalue weighted by atomic mass is 19.4. The second-order valence-electron chi connectivity index (χ2n) is 8.57. The van der Waals surface area contributed by atoms with Crippen LogP contribution >= 0.6 is 0 Å². The molecule has 0 saturated carbocycles. The van der Waals surface area contributed by atoms with Gasteiger partial charge in [0, 0.05) is 10.9 Å². The first kappa shape index (κ1) is 26.0. The molecule has 4 rings (SSSR count). The summed E-state index contributed by atoms with van der Waals surface area (Å²) in [6.07, 6.45) is 0.511. The molecule has 4 aromatic carbocycles. The molecule has 0 bridgehead atoms. The van der Waals surface area contributed by atoms with Gasteiger partial charge < -0.3 is 4.74 Å². The van der Waals surface area contributed by atoms with Crippen molar-refractivity contribution in [2.24, 2.45) is 0 Å². The molecule has 0 aromatic heterocycles. The van der Waals surface area contributed by atoms with Crippen LogP contribution in [0.2, 0.25) is 0 Å². The predicted molar refractivity (Wildman–Crippen MR) is 135 cm³/mol. The van der Waals surface area contributed by atoms with Gasteiger partial charge in [-0.1, -0.05) is 66.4 Å². The van der Waals surface area contributed by atoms with Crippen LogP contribution in [0.25, 0.3) is 10.8 Å². The highest BCUT2D eigenvalue weighted by molar-refractivity contribution is 5.85. The summed E-state index contributed by atoms with van der Waals surface area (Å²) < 4.78 is 69.5. The maximum Gasteiger partial charge on any atom is 0.573 e. The van der Waals surface area contributed by atoms with Crippen LogP contribution in [0.5, 0.6) is 5.75 Å². The van der Waals surface area contributed by atoms with Crippen molar-refractivity contribution in [3.8, 4) is 17.6 Å². The number of ether oxygens (including phenoxy) is 1. The lowest BCUT2D eigenvalue weighted by Crippen LogP contribution is -2.17. The van der Waals surface area contributed by atoms with E-state index in [0.29, 0.717) is 5.39 Å². The molecule has 6 heteroatoms. The second kappa shape index (κ2) is 11.3. The summed E-state index contributed by atoms with van der Waals surface area (Å²) >= 11 is 0. The van der Waals surface area contributed by atoms with E-state index in [0.717, 1.165) is 48.8 Å². The van der Waals surface area contributed by atoms with Gasteiger partial charge in [-0.05, 0) is 72.0 Å². The van der Waals surface area contributed by atoms with E-state index in [1.807, 2.05) is 18.2 Å². The number of aryl methyl sites for hydroxylation is 3. The molecule has 188 valence electrons. The van der Waals surface area contributed by atoms with Gasteiger partial charge in [-0.2, -0.15) is 0 Å². The Balaban J connectivity index is 1.46. The molecule has 0 N–H and O–H groups in total. The third-order valence-electron chi connectivity index (χ3n) is 5.88. The van der Waals surface area contributed by atoms with Crippen LogP contribution in [-0.2, 0) is 19.3 Å². The lowest BCUT2D eigenvalue weighted by Gasteiger charge is -2.09. The number of halogens is 5. The van der Waals surface area contributed by atoms with Gasteiger partial charge in [-0.25, -0.2) is 8.78 Å². The minimum atomic E-state index is -5.00. The van der Waals surface area contributed by atoms with Crippen LogP contribution < -0.4 is 4.74 Å². The van der Waals surface area contributed by atoms with Crippen LogP contribution in [0.1, 0.15) is 34.2 Å².